The molecule has 1 heterocycles. The van der Waals surface area contributed by atoms with E-state index in [-0.39, 0.29) is 22.5 Å². The average Bonchev–Trinajstić information content (AvgIpc) is 2.77. The summed E-state index contributed by atoms with van der Waals surface area (Å²) in [6.07, 6.45) is 4.17. The molecule has 0 spiro atoms. The molecule has 3 aromatic rings. The zero-order chi connectivity index (χ0) is 20.4. The van der Waals surface area contributed by atoms with E-state index in [4.69, 9.17) is 4.42 Å². The molecule has 4 rings (SSSR count). The van der Waals surface area contributed by atoms with Gasteiger partial charge >= 0.3 is 0 Å². The van der Waals surface area contributed by atoms with E-state index >= 15 is 0 Å². The molecule has 0 atom stereocenters. The molecule has 0 aliphatic heterocycles. The number of para-hydroxylation sites is 1. The smallest absolute Gasteiger partial charge is 0.256 e. The van der Waals surface area contributed by atoms with Crippen LogP contribution in [0.1, 0.15) is 48.0 Å². The summed E-state index contributed by atoms with van der Waals surface area (Å²) in [5, 5.41) is 13.0. The normalized spacial score (nSPS) is 15.6. The molecule has 1 amide bonds. The van der Waals surface area contributed by atoms with Crippen LogP contribution < -0.4 is 10.7 Å². The van der Waals surface area contributed by atoms with Crippen LogP contribution in [0.15, 0.2) is 57.7 Å². The van der Waals surface area contributed by atoms with Gasteiger partial charge in [0.2, 0.25) is 0 Å². The van der Waals surface area contributed by atoms with Gasteiger partial charge in [0.05, 0.1) is 17.0 Å². The maximum absolute atomic E-state index is 13.1. The summed E-state index contributed by atoms with van der Waals surface area (Å²) in [6, 6.07) is 16.7. The van der Waals surface area contributed by atoms with E-state index in [0.717, 1.165) is 24.8 Å². The van der Waals surface area contributed by atoms with E-state index in [1.807, 2.05) is 30.3 Å². The van der Waals surface area contributed by atoms with Crippen LogP contribution in [0.2, 0.25) is 0 Å². The quantitative estimate of drug-likeness (QED) is 0.706. The highest BCUT2D eigenvalue weighted by molar-refractivity contribution is 6.05. The molecule has 0 unspecified atom stereocenters. The first-order chi connectivity index (χ1) is 14.0. The van der Waals surface area contributed by atoms with Gasteiger partial charge in [0, 0.05) is 11.1 Å². The minimum Gasteiger partial charge on any atom is -0.455 e. The van der Waals surface area contributed by atoms with E-state index in [9.17, 15) is 14.9 Å². The Morgan fingerprint density at radius 2 is 1.79 bits per heavy atom. The summed E-state index contributed by atoms with van der Waals surface area (Å²) in [5.41, 5.74) is 0.792. The molecule has 1 aliphatic rings. The standard InChI is InChI=1S/C24H22N2O3/c1-16-20(27)18-11-8-12-19(22(18)29-21(16)17-9-4-2-5-10-17)23(28)26-24(15-25)13-6-3-7-14-24/h2,4-5,8-12H,3,6-7,13-14H2,1H3,(H,26,28). The van der Waals surface area contributed by atoms with E-state index in [1.165, 1.54) is 0 Å². The minimum atomic E-state index is -0.856. The second-order valence-corrected chi connectivity index (χ2v) is 7.64. The number of amides is 1. The molecule has 146 valence electrons. The zero-order valence-corrected chi connectivity index (χ0v) is 16.3. The monoisotopic (exact) mass is 386 g/mol. The van der Waals surface area contributed by atoms with E-state index in [1.54, 1.807) is 25.1 Å². The van der Waals surface area contributed by atoms with Gasteiger partial charge in [-0.15, -0.1) is 0 Å². The Morgan fingerprint density at radius 3 is 2.48 bits per heavy atom. The number of rotatable bonds is 3. The van der Waals surface area contributed by atoms with Crippen LogP contribution >= 0.6 is 0 Å². The fourth-order valence-electron chi connectivity index (χ4n) is 4.06. The van der Waals surface area contributed by atoms with Crippen molar-refractivity contribution in [2.24, 2.45) is 0 Å². The van der Waals surface area contributed by atoms with Crippen LogP contribution in [0.25, 0.3) is 22.3 Å². The van der Waals surface area contributed by atoms with E-state index < -0.39 is 5.54 Å². The lowest BCUT2D eigenvalue weighted by Crippen LogP contribution is -2.48. The summed E-state index contributed by atoms with van der Waals surface area (Å²) < 4.78 is 6.12. The number of carbonyl (C=O) groups is 1. The predicted octanol–water partition coefficient (Wildman–Crippen LogP) is 4.72. The van der Waals surface area contributed by atoms with Crippen molar-refractivity contribution < 1.29 is 9.21 Å². The molecule has 5 heteroatoms. The zero-order valence-electron chi connectivity index (χ0n) is 16.3. The molecule has 1 aromatic heterocycles. The summed E-state index contributed by atoms with van der Waals surface area (Å²) in [6.45, 7) is 1.73. The van der Waals surface area contributed by atoms with Gasteiger partial charge < -0.3 is 9.73 Å². The first-order valence-electron chi connectivity index (χ1n) is 9.90. The molecule has 0 bridgehead atoms. The van der Waals surface area contributed by atoms with Gasteiger partial charge in [-0.05, 0) is 31.9 Å². The van der Waals surface area contributed by atoms with Crippen molar-refractivity contribution in [3.8, 4) is 17.4 Å². The first kappa shape index (κ1) is 18.9. The highest BCUT2D eigenvalue weighted by Crippen LogP contribution is 2.30. The van der Waals surface area contributed by atoms with Gasteiger partial charge in [-0.3, -0.25) is 9.59 Å². The molecular formula is C24H22N2O3. The Morgan fingerprint density at radius 1 is 1.07 bits per heavy atom. The van der Waals surface area contributed by atoms with Gasteiger partial charge in [0.1, 0.15) is 11.3 Å². The lowest BCUT2D eigenvalue weighted by Gasteiger charge is -2.31. The Labute approximate surface area is 169 Å². The second kappa shape index (κ2) is 7.56. The number of nitriles is 1. The van der Waals surface area contributed by atoms with Crippen LogP contribution in [0.5, 0.6) is 0 Å². The Balaban J connectivity index is 1.83. The summed E-state index contributed by atoms with van der Waals surface area (Å²) in [7, 11) is 0. The van der Waals surface area contributed by atoms with Gasteiger partial charge in [0.25, 0.3) is 5.91 Å². The van der Waals surface area contributed by atoms with Gasteiger partial charge in [-0.1, -0.05) is 55.7 Å². The maximum atomic E-state index is 13.1. The third-order valence-corrected chi connectivity index (χ3v) is 5.70. The van der Waals surface area contributed by atoms with Crippen LogP contribution in [0.4, 0.5) is 0 Å². The van der Waals surface area contributed by atoms with Gasteiger partial charge in [0.15, 0.2) is 11.0 Å². The van der Waals surface area contributed by atoms with Crippen molar-refractivity contribution in [1.29, 1.82) is 5.26 Å². The molecule has 2 aromatic carbocycles. The summed E-state index contributed by atoms with van der Waals surface area (Å²) in [5.74, 6) is 0.0704. The molecule has 5 nitrogen and oxygen atoms in total. The number of nitrogens with zero attached hydrogens (tertiary/aromatic N) is 1. The van der Waals surface area contributed by atoms with Crippen LogP contribution in [-0.4, -0.2) is 11.4 Å². The Bertz CT molecular complexity index is 1170. The van der Waals surface area contributed by atoms with E-state index in [2.05, 4.69) is 11.4 Å². The van der Waals surface area contributed by atoms with Crippen LogP contribution in [0.3, 0.4) is 0 Å². The third-order valence-electron chi connectivity index (χ3n) is 5.70. The lowest BCUT2D eigenvalue weighted by atomic mass is 9.82. The highest BCUT2D eigenvalue weighted by Gasteiger charge is 2.34. The maximum Gasteiger partial charge on any atom is 0.256 e. The summed E-state index contributed by atoms with van der Waals surface area (Å²) in [4.78, 5) is 26.1. The molecular weight excluding hydrogens is 364 g/mol. The molecule has 1 fully saturated rings. The molecule has 1 N–H and O–H groups in total. The number of hydrogen-bond acceptors (Lipinski definition) is 4. The Hall–Kier alpha value is -3.39. The topological polar surface area (TPSA) is 83.1 Å². The average molecular weight is 386 g/mol. The number of nitrogens with one attached hydrogen (secondary N) is 1. The van der Waals surface area contributed by atoms with E-state index in [0.29, 0.717) is 29.6 Å². The summed E-state index contributed by atoms with van der Waals surface area (Å²) >= 11 is 0. The second-order valence-electron chi connectivity index (χ2n) is 7.64. The van der Waals surface area contributed by atoms with Crippen LogP contribution in [-0.2, 0) is 0 Å². The largest absolute Gasteiger partial charge is 0.455 e. The SMILES string of the molecule is Cc1c(-c2ccccc2)oc2c(C(=O)NC3(C#N)CCCCC3)cccc2c1=O. The number of hydrogen-bond donors (Lipinski definition) is 1. The number of benzene rings is 2. The van der Waals surface area contributed by atoms with Crippen molar-refractivity contribution in [3.05, 3.63) is 69.9 Å². The first-order valence-corrected chi connectivity index (χ1v) is 9.90. The number of fused-ring (bicyclic) bond motifs is 1. The predicted molar refractivity (Wildman–Crippen MR) is 112 cm³/mol. The molecule has 0 saturated heterocycles. The third kappa shape index (κ3) is 3.42. The van der Waals surface area contributed by atoms with Crippen molar-refractivity contribution in [2.75, 3.05) is 0 Å². The fourth-order valence-corrected chi connectivity index (χ4v) is 4.06. The fraction of sp³-hybridized carbons (Fsp3) is 0.292. The van der Waals surface area contributed by atoms with Crippen molar-refractivity contribution in [3.63, 3.8) is 0 Å². The van der Waals surface area contributed by atoms with Gasteiger partial charge in [-0.2, -0.15) is 5.26 Å². The van der Waals surface area contributed by atoms with Crippen molar-refractivity contribution in [1.82, 2.24) is 5.32 Å². The van der Waals surface area contributed by atoms with Crippen molar-refractivity contribution >= 4 is 16.9 Å². The highest BCUT2D eigenvalue weighted by atomic mass is 16.3. The lowest BCUT2D eigenvalue weighted by molar-refractivity contribution is 0.0903. The van der Waals surface area contributed by atoms with Crippen LogP contribution in [0, 0.1) is 18.3 Å². The van der Waals surface area contributed by atoms with Crippen molar-refractivity contribution in [2.45, 2.75) is 44.6 Å². The molecule has 29 heavy (non-hydrogen) atoms. The minimum absolute atomic E-state index is 0.160. The molecule has 0 radical (unpaired) electrons. The molecule has 1 aliphatic carbocycles. The molecule has 1 saturated carbocycles. The van der Waals surface area contributed by atoms with Gasteiger partial charge in [-0.25, -0.2) is 0 Å². The number of carbonyl (C=O) groups excluding carboxylic acids is 1. The Kier molecular flexibility index (Phi) is 4.94.